The number of hydrogen-bond acceptors (Lipinski definition) is 3. The molecule has 0 aliphatic rings. The zero-order valence-corrected chi connectivity index (χ0v) is 13.4. The summed E-state index contributed by atoms with van der Waals surface area (Å²) in [6.07, 6.45) is 4.62. The van der Waals surface area contributed by atoms with Crippen molar-refractivity contribution in [3.63, 3.8) is 0 Å². The summed E-state index contributed by atoms with van der Waals surface area (Å²) in [6, 6.07) is 8.37. The molecule has 0 amide bonds. The third-order valence-corrected chi connectivity index (χ3v) is 3.24. The van der Waals surface area contributed by atoms with Crippen LogP contribution in [-0.4, -0.2) is 42.4 Å². The molecule has 0 saturated heterocycles. The Labute approximate surface area is 128 Å². The number of hydrogen-bond donors (Lipinski definition) is 1. The Bertz CT molecular complexity index is 451. The normalized spacial score (nSPS) is 12.6. The monoisotopic (exact) mass is 289 g/mol. The molecule has 1 atom stereocenters. The van der Waals surface area contributed by atoms with Gasteiger partial charge in [-0.05, 0) is 24.0 Å². The van der Waals surface area contributed by atoms with Gasteiger partial charge in [0.25, 0.3) is 0 Å². The van der Waals surface area contributed by atoms with Gasteiger partial charge in [0.15, 0.2) is 0 Å². The molecule has 0 bridgehead atoms. The summed E-state index contributed by atoms with van der Waals surface area (Å²) in [6.45, 7) is 9.41. The number of aliphatic hydroxyl groups excluding tert-OH is 1. The molecule has 0 aromatic heterocycles. The van der Waals surface area contributed by atoms with Crippen LogP contribution in [-0.2, 0) is 11.3 Å². The van der Waals surface area contributed by atoms with Crippen molar-refractivity contribution in [2.24, 2.45) is 5.92 Å². The van der Waals surface area contributed by atoms with Gasteiger partial charge in [-0.1, -0.05) is 44.0 Å². The van der Waals surface area contributed by atoms with Crippen LogP contribution in [0.25, 0.3) is 0 Å². The summed E-state index contributed by atoms with van der Waals surface area (Å²) in [4.78, 5) is 2.27. The van der Waals surface area contributed by atoms with E-state index in [4.69, 9.17) is 11.2 Å². The van der Waals surface area contributed by atoms with E-state index in [1.54, 1.807) is 0 Å². The highest BCUT2D eigenvalue weighted by Crippen LogP contribution is 2.12. The molecule has 0 aliphatic carbocycles. The highest BCUT2D eigenvalue weighted by molar-refractivity contribution is 5.25. The Morgan fingerprint density at radius 3 is 2.62 bits per heavy atom. The third-order valence-electron chi connectivity index (χ3n) is 3.24. The fourth-order valence-corrected chi connectivity index (χ4v) is 2.35. The molecule has 0 radical (unpaired) electrons. The number of rotatable bonds is 9. The summed E-state index contributed by atoms with van der Waals surface area (Å²) in [5.74, 6) is 2.96. The van der Waals surface area contributed by atoms with E-state index in [1.807, 2.05) is 6.07 Å². The molecule has 1 aromatic rings. The van der Waals surface area contributed by atoms with Crippen LogP contribution in [0.2, 0.25) is 0 Å². The minimum atomic E-state index is -0.513. The average molecular weight is 289 g/mol. The van der Waals surface area contributed by atoms with Gasteiger partial charge in [-0.2, -0.15) is 0 Å². The van der Waals surface area contributed by atoms with Crippen molar-refractivity contribution in [3.05, 3.63) is 35.4 Å². The van der Waals surface area contributed by atoms with Crippen LogP contribution in [0.15, 0.2) is 24.3 Å². The van der Waals surface area contributed by atoms with E-state index in [0.29, 0.717) is 12.5 Å². The minimum absolute atomic E-state index is 0.249. The topological polar surface area (TPSA) is 32.7 Å². The van der Waals surface area contributed by atoms with Crippen LogP contribution in [0.4, 0.5) is 0 Å². The Hall–Kier alpha value is -1.34. The van der Waals surface area contributed by atoms with Gasteiger partial charge in [0.1, 0.15) is 6.61 Å². The molecule has 116 valence electrons. The molecule has 0 aliphatic heterocycles. The summed E-state index contributed by atoms with van der Waals surface area (Å²) in [7, 11) is 0. The summed E-state index contributed by atoms with van der Waals surface area (Å²) < 4.78 is 5.21. The summed E-state index contributed by atoms with van der Waals surface area (Å²) in [5, 5.41) is 10.1. The van der Waals surface area contributed by atoms with Crippen molar-refractivity contribution in [3.8, 4) is 12.3 Å². The van der Waals surface area contributed by atoms with Gasteiger partial charge in [-0.3, -0.25) is 4.90 Å². The standard InChI is InChI=1S/C18H27NO2/c1-5-10-21-14-18(20)13-19(11-15(2)3)12-17-9-7-6-8-16(17)4/h1,6-9,15,18,20H,10-14H2,2-4H3. The Balaban J connectivity index is 2.59. The number of terminal acetylenes is 1. The largest absolute Gasteiger partial charge is 0.389 e. The summed E-state index contributed by atoms with van der Waals surface area (Å²) in [5.41, 5.74) is 2.58. The Morgan fingerprint density at radius 2 is 2.00 bits per heavy atom. The maximum Gasteiger partial charge on any atom is 0.107 e. The first-order chi connectivity index (χ1) is 10.0. The SMILES string of the molecule is C#CCOCC(O)CN(Cc1ccccc1C)CC(C)C. The van der Waals surface area contributed by atoms with Gasteiger partial charge < -0.3 is 9.84 Å². The number of ether oxygens (including phenoxy) is 1. The van der Waals surface area contributed by atoms with Crippen LogP contribution in [0.5, 0.6) is 0 Å². The fraction of sp³-hybridized carbons (Fsp3) is 0.556. The highest BCUT2D eigenvalue weighted by atomic mass is 16.5. The molecule has 21 heavy (non-hydrogen) atoms. The van der Waals surface area contributed by atoms with E-state index in [1.165, 1.54) is 11.1 Å². The Morgan fingerprint density at radius 1 is 1.29 bits per heavy atom. The maximum absolute atomic E-state index is 10.1. The van der Waals surface area contributed by atoms with Gasteiger partial charge in [-0.25, -0.2) is 0 Å². The lowest BCUT2D eigenvalue weighted by molar-refractivity contribution is 0.0237. The molecule has 0 heterocycles. The molecule has 0 spiro atoms. The first kappa shape index (κ1) is 17.7. The van der Waals surface area contributed by atoms with Crippen molar-refractivity contribution < 1.29 is 9.84 Å². The van der Waals surface area contributed by atoms with Crippen molar-refractivity contribution >= 4 is 0 Å². The maximum atomic E-state index is 10.1. The van der Waals surface area contributed by atoms with E-state index < -0.39 is 6.10 Å². The van der Waals surface area contributed by atoms with Gasteiger partial charge in [-0.15, -0.1) is 6.42 Å². The van der Waals surface area contributed by atoms with Crippen molar-refractivity contribution in [1.29, 1.82) is 0 Å². The molecule has 0 saturated carbocycles. The molecule has 0 fully saturated rings. The number of aliphatic hydroxyl groups is 1. The smallest absolute Gasteiger partial charge is 0.107 e. The number of aryl methyl sites for hydroxylation is 1. The second-order valence-electron chi connectivity index (χ2n) is 5.89. The van der Waals surface area contributed by atoms with Crippen LogP contribution in [0, 0.1) is 25.2 Å². The lowest BCUT2D eigenvalue weighted by atomic mass is 10.1. The van der Waals surface area contributed by atoms with E-state index in [9.17, 15) is 5.11 Å². The molecule has 1 aromatic carbocycles. The second kappa shape index (κ2) is 9.57. The lowest BCUT2D eigenvalue weighted by Gasteiger charge is -2.27. The summed E-state index contributed by atoms with van der Waals surface area (Å²) >= 11 is 0. The molecular formula is C18H27NO2. The quantitative estimate of drug-likeness (QED) is 0.560. The first-order valence-corrected chi connectivity index (χ1v) is 7.49. The minimum Gasteiger partial charge on any atom is -0.389 e. The number of nitrogens with zero attached hydrogens (tertiary/aromatic N) is 1. The van der Waals surface area contributed by atoms with Crippen LogP contribution >= 0.6 is 0 Å². The van der Waals surface area contributed by atoms with Gasteiger partial charge >= 0.3 is 0 Å². The highest BCUT2D eigenvalue weighted by Gasteiger charge is 2.14. The fourth-order valence-electron chi connectivity index (χ4n) is 2.35. The number of benzene rings is 1. The van der Waals surface area contributed by atoms with E-state index in [-0.39, 0.29) is 13.2 Å². The molecule has 1 rings (SSSR count). The predicted molar refractivity (Wildman–Crippen MR) is 87.0 cm³/mol. The average Bonchev–Trinajstić information content (AvgIpc) is 2.41. The molecule has 1 N–H and O–H groups in total. The van der Waals surface area contributed by atoms with Crippen molar-refractivity contribution in [1.82, 2.24) is 4.90 Å². The van der Waals surface area contributed by atoms with Gasteiger partial charge in [0.05, 0.1) is 12.7 Å². The second-order valence-corrected chi connectivity index (χ2v) is 5.89. The molecule has 3 heteroatoms. The molecule has 3 nitrogen and oxygen atoms in total. The van der Waals surface area contributed by atoms with E-state index in [2.05, 4.69) is 49.8 Å². The van der Waals surface area contributed by atoms with E-state index >= 15 is 0 Å². The lowest BCUT2D eigenvalue weighted by Crippen LogP contribution is -2.37. The molecular weight excluding hydrogens is 262 g/mol. The predicted octanol–water partition coefficient (Wildman–Crippen LogP) is 2.46. The van der Waals surface area contributed by atoms with E-state index in [0.717, 1.165) is 13.1 Å². The molecule has 1 unspecified atom stereocenters. The van der Waals surface area contributed by atoms with Gasteiger partial charge in [0, 0.05) is 19.6 Å². The van der Waals surface area contributed by atoms with Crippen LogP contribution in [0.1, 0.15) is 25.0 Å². The first-order valence-electron chi connectivity index (χ1n) is 7.49. The van der Waals surface area contributed by atoms with Crippen LogP contribution in [0.3, 0.4) is 0 Å². The zero-order chi connectivity index (χ0) is 15.7. The van der Waals surface area contributed by atoms with Crippen LogP contribution < -0.4 is 0 Å². The van der Waals surface area contributed by atoms with Gasteiger partial charge in [0.2, 0.25) is 0 Å². The Kier molecular flexibility index (Phi) is 8.07. The zero-order valence-electron chi connectivity index (χ0n) is 13.4. The van der Waals surface area contributed by atoms with Crippen molar-refractivity contribution in [2.75, 3.05) is 26.3 Å². The third kappa shape index (κ3) is 7.29. The van der Waals surface area contributed by atoms with Crippen molar-refractivity contribution in [2.45, 2.75) is 33.4 Å².